The number of hydrogen-bond acceptors (Lipinski definition) is 5. The Kier molecular flexibility index (Phi) is 4.13. The zero-order valence-electron chi connectivity index (χ0n) is 14.2. The Balaban J connectivity index is 1.63. The third kappa shape index (κ3) is 3.22. The number of benzene rings is 1. The molecule has 1 aliphatic rings. The second kappa shape index (κ2) is 6.44. The Bertz CT molecular complexity index is 891. The lowest BCUT2D eigenvalue weighted by Crippen LogP contribution is -2.33. The fraction of sp³-hybridized carbons (Fsp3) is 0.263. The van der Waals surface area contributed by atoms with E-state index in [1.807, 2.05) is 24.3 Å². The van der Waals surface area contributed by atoms with Crippen molar-refractivity contribution in [1.29, 1.82) is 0 Å². The number of nitrogens with zero attached hydrogens (tertiary/aromatic N) is 3. The van der Waals surface area contributed by atoms with Gasteiger partial charge >= 0.3 is 0 Å². The smallest absolute Gasteiger partial charge is 0.229 e. The number of fused-ring (bicyclic) bond motifs is 1. The molecule has 3 heterocycles. The number of aryl methyl sites for hydroxylation is 1. The van der Waals surface area contributed by atoms with Gasteiger partial charge in [-0.15, -0.1) is 11.3 Å². The molecule has 0 spiro atoms. The first-order valence-corrected chi connectivity index (χ1v) is 9.19. The molecule has 0 saturated heterocycles. The molecule has 25 heavy (non-hydrogen) atoms. The Morgan fingerprint density at radius 2 is 2.00 bits per heavy atom. The van der Waals surface area contributed by atoms with Crippen molar-refractivity contribution in [2.24, 2.45) is 0 Å². The summed E-state index contributed by atoms with van der Waals surface area (Å²) in [6.45, 7) is 5.13. The molecular formula is C19H19FN4S. The van der Waals surface area contributed by atoms with Crippen LogP contribution in [0.4, 0.5) is 21.8 Å². The van der Waals surface area contributed by atoms with E-state index in [9.17, 15) is 4.39 Å². The SMILES string of the molecule is Cc1cc(N2CCc3ccsc3C2C)nc(Nc2ccc(F)cc2)n1. The molecule has 0 fully saturated rings. The first-order chi connectivity index (χ1) is 12.1. The second-order valence-electron chi connectivity index (χ2n) is 6.25. The molecule has 4 rings (SSSR count). The van der Waals surface area contributed by atoms with Crippen LogP contribution in [0, 0.1) is 12.7 Å². The molecule has 0 radical (unpaired) electrons. The van der Waals surface area contributed by atoms with Crippen LogP contribution in [0.1, 0.15) is 29.1 Å². The van der Waals surface area contributed by atoms with Gasteiger partial charge in [-0.2, -0.15) is 4.98 Å². The van der Waals surface area contributed by atoms with Crippen LogP contribution in [-0.2, 0) is 6.42 Å². The highest BCUT2D eigenvalue weighted by molar-refractivity contribution is 7.10. The molecule has 0 saturated carbocycles. The van der Waals surface area contributed by atoms with Gasteiger partial charge in [0, 0.05) is 28.9 Å². The van der Waals surface area contributed by atoms with E-state index < -0.39 is 0 Å². The molecule has 1 aliphatic heterocycles. The van der Waals surface area contributed by atoms with Crippen molar-refractivity contribution in [2.45, 2.75) is 26.3 Å². The molecule has 1 N–H and O–H groups in total. The summed E-state index contributed by atoms with van der Waals surface area (Å²) in [5, 5.41) is 5.33. The highest BCUT2D eigenvalue weighted by atomic mass is 32.1. The Morgan fingerprint density at radius 1 is 1.20 bits per heavy atom. The highest BCUT2D eigenvalue weighted by Crippen LogP contribution is 2.36. The van der Waals surface area contributed by atoms with Gasteiger partial charge in [0.15, 0.2) is 0 Å². The minimum absolute atomic E-state index is 0.259. The fourth-order valence-electron chi connectivity index (χ4n) is 3.23. The van der Waals surface area contributed by atoms with Crippen LogP contribution in [-0.4, -0.2) is 16.5 Å². The van der Waals surface area contributed by atoms with Gasteiger partial charge in [-0.05, 0) is 61.5 Å². The van der Waals surface area contributed by atoms with Gasteiger partial charge in [0.05, 0.1) is 6.04 Å². The first kappa shape index (κ1) is 16.0. The minimum atomic E-state index is -0.259. The summed E-state index contributed by atoms with van der Waals surface area (Å²) in [5.41, 5.74) is 3.12. The van der Waals surface area contributed by atoms with E-state index >= 15 is 0 Å². The number of hydrogen-bond donors (Lipinski definition) is 1. The van der Waals surface area contributed by atoms with Gasteiger partial charge in [-0.25, -0.2) is 9.37 Å². The monoisotopic (exact) mass is 354 g/mol. The summed E-state index contributed by atoms with van der Waals surface area (Å²) in [4.78, 5) is 12.9. The van der Waals surface area contributed by atoms with Crippen molar-refractivity contribution < 1.29 is 4.39 Å². The summed E-state index contributed by atoms with van der Waals surface area (Å²) >= 11 is 1.81. The molecule has 1 unspecified atom stereocenters. The summed E-state index contributed by atoms with van der Waals surface area (Å²) < 4.78 is 13.1. The molecule has 0 bridgehead atoms. The molecule has 2 aromatic heterocycles. The normalized spacial score (nSPS) is 16.6. The minimum Gasteiger partial charge on any atom is -0.349 e. The van der Waals surface area contributed by atoms with Crippen LogP contribution < -0.4 is 10.2 Å². The maximum atomic E-state index is 13.1. The van der Waals surface area contributed by atoms with E-state index in [1.165, 1.54) is 22.6 Å². The molecule has 0 aliphatic carbocycles. The fourth-order valence-corrected chi connectivity index (χ4v) is 4.25. The van der Waals surface area contributed by atoms with Crippen LogP contribution >= 0.6 is 11.3 Å². The average Bonchev–Trinajstić information content (AvgIpc) is 3.06. The molecule has 3 aromatic rings. The van der Waals surface area contributed by atoms with E-state index in [1.54, 1.807) is 12.1 Å². The topological polar surface area (TPSA) is 41.1 Å². The zero-order chi connectivity index (χ0) is 17.4. The molecule has 1 atom stereocenters. The molecule has 0 amide bonds. The van der Waals surface area contributed by atoms with Gasteiger partial charge in [0.2, 0.25) is 5.95 Å². The van der Waals surface area contributed by atoms with Crippen LogP contribution in [0.25, 0.3) is 0 Å². The lowest BCUT2D eigenvalue weighted by molar-refractivity contribution is 0.627. The van der Waals surface area contributed by atoms with Gasteiger partial charge in [-0.3, -0.25) is 0 Å². The van der Waals surface area contributed by atoms with Gasteiger partial charge in [-0.1, -0.05) is 0 Å². The standard InChI is InChI=1S/C19H19FN4S/c1-12-11-17(24-9-7-14-8-10-25-18(14)13(24)2)23-19(21-12)22-16-5-3-15(20)4-6-16/h3-6,8,10-11,13H,7,9H2,1-2H3,(H,21,22,23). The van der Waals surface area contributed by atoms with Crippen molar-refractivity contribution >= 4 is 28.8 Å². The van der Waals surface area contributed by atoms with Crippen molar-refractivity contribution in [3.05, 3.63) is 63.7 Å². The summed E-state index contributed by atoms with van der Waals surface area (Å²) in [7, 11) is 0. The lowest BCUT2D eigenvalue weighted by atomic mass is 10.0. The van der Waals surface area contributed by atoms with Gasteiger partial charge < -0.3 is 10.2 Å². The number of halogens is 1. The van der Waals surface area contributed by atoms with E-state index in [0.29, 0.717) is 12.0 Å². The van der Waals surface area contributed by atoms with E-state index in [2.05, 4.69) is 33.6 Å². The number of rotatable bonds is 3. The average molecular weight is 354 g/mol. The number of nitrogens with one attached hydrogen (secondary N) is 1. The predicted molar refractivity (Wildman–Crippen MR) is 100 cm³/mol. The maximum Gasteiger partial charge on any atom is 0.229 e. The lowest BCUT2D eigenvalue weighted by Gasteiger charge is -2.34. The molecule has 4 nitrogen and oxygen atoms in total. The Labute approximate surface area is 150 Å². The molecular weight excluding hydrogens is 335 g/mol. The van der Waals surface area contributed by atoms with Crippen molar-refractivity contribution in [3.63, 3.8) is 0 Å². The van der Waals surface area contributed by atoms with Crippen molar-refractivity contribution in [1.82, 2.24) is 9.97 Å². The summed E-state index contributed by atoms with van der Waals surface area (Å²) in [5.74, 6) is 1.19. The quantitative estimate of drug-likeness (QED) is 0.730. The second-order valence-corrected chi connectivity index (χ2v) is 7.20. The zero-order valence-corrected chi connectivity index (χ0v) is 15.0. The number of thiophene rings is 1. The Hall–Kier alpha value is -2.47. The summed E-state index contributed by atoms with van der Waals surface area (Å²) in [6, 6.07) is 10.8. The van der Waals surface area contributed by atoms with Crippen LogP contribution in [0.3, 0.4) is 0 Å². The predicted octanol–water partition coefficient (Wildman–Crippen LogP) is 4.85. The third-order valence-electron chi connectivity index (χ3n) is 4.49. The van der Waals surface area contributed by atoms with Crippen molar-refractivity contribution in [2.75, 3.05) is 16.8 Å². The van der Waals surface area contributed by atoms with Crippen molar-refractivity contribution in [3.8, 4) is 0 Å². The van der Waals surface area contributed by atoms with E-state index in [4.69, 9.17) is 4.98 Å². The first-order valence-electron chi connectivity index (χ1n) is 8.31. The van der Waals surface area contributed by atoms with E-state index in [-0.39, 0.29) is 5.82 Å². The molecule has 1 aromatic carbocycles. The largest absolute Gasteiger partial charge is 0.349 e. The molecule has 6 heteroatoms. The molecule has 128 valence electrons. The van der Waals surface area contributed by atoms with Crippen LogP contribution in [0.15, 0.2) is 41.8 Å². The summed E-state index contributed by atoms with van der Waals surface area (Å²) in [6.07, 6.45) is 1.03. The Morgan fingerprint density at radius 3 is 2.80 bits per heavy atom. The van der Waals surface area contributed by atoms with Gasteiger partial charge in [0.25, 0.3) is 0 Å². The number of aromatic nitrogens is 2. The maximum absolute atomic E-state index is 13.1. The number of anilines is 3. The third-order valence-corrected chi connectivity index (χ3v) is 5.61. The van der Waals surface area contributed by atoms with E-state index in [0.717, 1.165) is 30.2 Å². The highest BCUT2D eigenvalue weighted by Gasteiger charge is 2.26. The van der Waals surface area contributed by atoms with Crippen LogP contribution in [0.2, 0.25) is 0 Å². The van der Waals surface area contributed by atoms with Gasteiger partial charge in [0.1, 0.15) is 11.6 Å². The van der Waals surface area contributed by atoms with Crippen LogP contribution in [0.5, 0.6) is 0 Å².